The molecule has 1 amide bonds. The molecule has 0 bridgehead atoms. The number of halogens is 3. The highest BCUT2D eigenvalue weighted by atomic mass is 19.4. The Kier molecular flexibility index (Phi) is 5.59. The molecule has 0 fully saturated rings. The van der Waals surface area contributed by atoms with E-state index in [0.717, 1.165) is 0 Å². The number of carbonyl (C=O) groups excluding carboxylic acids is 1. The lowest BCUT2D eigenvalue weighted by Crippen LogP contribution is -2.42. The van der Waals surface area contributed by atoms with Gasteiger partial charge in [-0.2, -0.15) is 13.2 Å². The van der Waals surface area contributed by atoms with Crippen molar-refractivity contribution in [2.45, 2.75) is 6.18 Å². The molecule has 4 nitrogen and oxygen atoms in total. The lowest BCUT2D eigenvalue weighted by molar-refractivity contribution is -0.175. The Hall–Kier alpha value is -0.820. The van der Waals surface area contributed by atoms with Crippen LogP contribution in [0.3, 0.4) is 0 Å². The predicted octanol–water partition coefficient (Wildman–Crippen LogP) is -0.199. The average molecular weight is 227 g/mol. The summed E-state index contributed by atoms with van der Waals surface area (Å²) in [6.45, 7) is -0.807. The summed E-state index contributed by atoms with van der Waals surface area (Å²) in [4.78, 5) is 12.2. The van der Waals surface area contributed by atoms with E-state index in [1.807, 2.05) is 0 Å². The predicted molar refractivity (Wildman–Crippen MR) is 50.2 cm³/mol. The van der Waals surface area contributed by atoms with Gasteiger partial charge in [0.15, 0.2) is 0 Å². The third kappa shape index (κ3) is 5.58. The standard InChI is InChI=1S/C8H16F3N3O/c1-13-7(15)5-14(2)4-6(3-12)8(9,10)11/h6H,3-5,12H2,1-2H3,(H,13,15). The summed E-state index contributed by atoms with van der Waals surface area (Å²) in [5.41, 5.74) is 5.02. The van der Waals surface area contributed by atoms with Crippen LogP contribution in [0, 0.1) is 5.92 Å². The summed E-state index contributed by atoms with van der Waals surface area (Å²) < 4.78 is 36.9. The van der Waals surface area contributed by atoms with Crippen molar-refractivity contribution in [1.29, 1.82) is 0 Å². The van der Waals surface area contributed by atoms with Crippen molar-refractivity contribution in [3.05, 3.63) is 0 Å². The molecule has 0 aromatic carbocycles. The zero-order chi connectivity index (χ0) is 12.1. The van der Waals surface area contributed by atoms with Gasteiger partial charge in [-0.15, -0.1) is 0 Å². The second-order valence-corrected chi connectivity index (χ2v) is 3.34. The van der Waals surface area contributed by atoms with Gasteiger partial charge in [0, 0.05) is 20.1 Å². The summed E-state index contributed by atoms with van der Waals surface area (Å²) in [5, 5.41) is 2.33. The summed E-state index contributed by atoms with van der Waals surface area (Å²) >= 11 is 0. The van der Waals surface area contributed by atoms with Crippen LogP contribution in [0.1, 0.15) is 0 Å². The average Bonchev–Trinajstić information content (AvgIpc) is 2.12. The first-order valence-corrected chi connectivity index (χ1v) is 4.47. The number of carbonyl (C=O) groups is 1. The van der Waals surface area contributed by atoms with Gasteiger partial charge in [0.2, 0.25) is 5.91 Å². The summed E-state index contributed by atoms with van der Waals surface area (Å²) in [6, 6.07) is 0. The van der Waals surface area contributed by atoms with E-state index < -0.39 is 18.6 Å². The number of nitrogens with two attached hydrogens (primary N) is 1. The van der Waals surface area contributed by atoms with Crippen LogP contribution in [0.15, 0.2) is 0 Å². The molecular formula is C8H16F3N3O. The second kappa shape index (κ2) is 5.92. The Morgan fingerprint density at radius 1 is 1.53 bits per heavy atom. The highest BCUT2D eigenvalue weighted by molar-refractivity contribution is 5.77. The van der Waals surface area contributed by atoms with Gasteiger partial charge in [-0.05, 0) is 7.05 Å². The minimum atomic E-state index is -4.31. The molecule has 0 aliphatic heterocycles. The lowest BCUT2D eigenvalue weighted by atomic mass is 10.1. The fourth-order valence-corrected chi connectivity index (χ4v) is 1.08. The van der Waals surface area contributed by atoms with Crippen LogP contribution in [0.25, 0.3) is 0 Å². The first-order chi connectivity index (χ1) is 6.81. The number of hydrogen-bond acceptors (Lipinski definition) is 3. The first-order valence-electron chi connectivity index (χ1n) is 4.47. The van der Waals surface area contributed by atoms with E-state index in [4.69, 9.17) is 5.73 Å². The van der Waals surface area contributed by atoms with Crippen molar-refractivity contribution >= 4 is 5.91 Å². The number of nitrogens with one attached hydrogen (secondary N) is 1. The normalized spacial score (nSPS) is 14.1. The summed E-state index contributed by atoms with van der Waals surface area (Å²) in [7, 11) is 2.88. The Morgan fingerprint density at radius 2 is 2.07 bits per heavy atom. The van der Waals surface area contributed by atoms with Crippen molar-refractivity contribution in [2.24, 2.45) is 11.7 Å². The topological polar surface area (TPSA) is 58.4 Å². The minimum absolute atomic E-state index is 0.0664. The van der Waals surface area contributed by atoms with Crippen LogP contribution in [-0.4, -0.2) is 50.7 Å². The van der Waals surface area contributed by atoms with Crippen LogP contribution < -0.4 is 11.1 Å². The van der Waals surface area contributed by atoms with Gasteiger partial charge in [0.1, 0.15) is 0 Å². The van der Waals surface area contributed by atoms with Gasteiger partial charge in [0.05, 0.1) is 12.5 Å². The van der Waals surface area contributed by atoms with Crippen LogP contribution in [0.2, 0.25) is 0 Å². The quantitative estimate of drug-likeness (QED) is 0.684. The molecule has 0 saturated carbocycles. The van der Waals surface area contributed by atoms with E-state index in [0.29, 0.717) is 0 Å². The van der Waals surface area contributed by atoms with Crippen molar-refractivity contribution in [1.82, 2.24) is 10.2 Å². The number of alkyl halides is 3. The largest absolute Gasteiger partial charge is 0.394 e. The molecule has 15 heavy (non-hydrogen) atoms. The zero-order valence-electron chi connectivity index (χ0n) is 8.77. The third-order valence-corrected chi connectivity index (χ3v) is 1.97. The maximum atomic E-state index is 12.3. The smallest absolute Gasteiger partial charge is 0.358 e. The molecule has 0 rings (SSSR count). The van der Waals surface area contributed by atoms with Gasteiger partial charge in [-0.3, -0.25) is 9.69 Å². The molecule has 0 aliphatic rings. The molecular weight excluding hydrogens is 211 g/mol. The van der Waals surface area contributed by atoms with E-state index in [2.05, 4.69) is 5.32 Å². The molecule has 0 aromatic rings. The van der Waals surface area contributed by atoms with Crippen LogP contribution in [0.5, 0.6) is 0 Å². The fraction of sp³-hybridized carbons (Fsp3) is 0.875. The summed E-state index contributed by atoms with van der Waals surface area (Å²) in [6.07, 6.45) is -4.31. The number of rotatable bonds is 5. The second-order valence-electron chi connectivity index (χ2n) is 3.34. The first kappa shape index (κ1) is 14.2. The molecule has 0 radical (unpaired) electrons. The van der Waals surface area contributed by atoms with E-state index >= 15 is 0 Å². The maximum absolute atomic E-state index is 12.3. The van der Waals surface area contributed by atoms with E-state index in [1.165, 1.54) is 19.0 Å². The Bertz CT molecular complexity index is 208. The zero-order valence-corrected chi connectivity index (χ0v) is 8.77. The van der Waals surface area contributed by atoms with Gasteiger partial charge in [-0.25, -0.2) is 0 Å². The molecule has 0 saturated heterocycles. The SMILES string of the molecule is CNC(=O)CN(C)CC(CN)C(F)(F)F. The Balaban J connectivity index is 4.13. The van der Waals surface area contributed by atoms with Crippen molar-refractivity contribution in [3.63, 3.8) is 0 Å². The molecule has 1 unspecified atom stereocenters. The fourth-order valence-electron chi connectivity index (χ4n) is 1.08. The summed E-state index contributed by atoms with van der Waals surface area (Å²) in [5.74, 6) is -1.91. The number of likely N-dealkylation sites (N-methyl/N-ethyl adjacent to an activating group) is 2. The van der Waals surface area contributed by atoms with Gasteiger partial charge in [0.25, 0.3) is 0 Å². The van der Waals surface area contributed by atoms with Gasteiger partial charge < -0.3 is 11.1 Å². The Morgan fingerprint density at radius 3 is 2.40 bits per heavy atom. The molecule has 0 spiro atoms. The Labute approximate surface area is 86.6 Å². The minimum Gasteiger partial charge on any atom is -0.358 e. The number of nitrogens with zero attached hydrogens (tertiary/aromatic N) is 1. The molecule has 0 heterocycles. The molecule has 0 aromatic heterocycles. The maximum Gasteiger partial charge on any atom is 0.394 e. The third-order valence-electron chi connectivity index (χ3n) is 1.97. The molecule has 90 valence electrons. The van der Waals surface area contributed by atoms with Crippen LogP contribution in [-0.2, 0) is 4.79 Å². The molecule has 7 heteroatoms. The molecule has 3 N–H and O–H groups in total. The van der Waals surface area contributed by atoms with Crippen molar-refractivity contribution in [2.75, 3.05) is 33.7 Å². The molecule has 0 aliphatic carbocycles. The van der Waals surface area contributed by atoms with Crippen LogP contribution in [0.4, 0.5) is 13.2 Å². The van der Waals surface area contributed by atoms with Crippen LogP contribution >= 0.6 is 0 Å². The van der Waals surface area contributed by atoms with Gasteiger partial charge in [-0.1, -0.05) is 0 Å². The monoisotopic (exact) mass is 227 g/mol. The number of hydrogen-bond donors (Lipinski definition) is 2. The van der Waals surface area contributed by atoms with Crippen molar-refractivity contribution in [3.8, 4) is 0 Å². The highest BCUT2D eigenvalue weighted by Crippen LogP contribution is 2.25. The van der Waals surface area contributed by atoms with E-state index in [9.17, 15) is 18.0 Å². The molecule has 1 atom stereocenters. The highest BCUT2D eigenvalue weighted by Gasteiger charge is 2.39. The number of amides is 1. The van der Waals surface area contributed by atoms with Gasteiger partial charge >= 0.3 is 6.18 Å². The van der Waals surface area contributed by atoms with E-state index in [1.54, 1.807) is 0 Å². The van der Waals surface area contributed by atoms with Crippen molar-refractivity contribution < 1.29 is 18.0 Å². The van der Waals surface area contributed by atoms with E-state index in [-0.39, 0.29) is 19.0 Å². The lowest BCUT2D eigenvalue weighted by Gasteiger charge is -2.24.